The number of rotatable bonds is 1. The highest BCUT2D eigenvalue weighted by Gasteiger charge is 2.25. The second kappa shape index (κ2) is 5.13. The average Bonchev–Trinajstić information content (AvgIpc) is 2.44. The largest absolute Gasteiger partial charge is 0.315 e. The molecule has 2 rings (SSSR count). The minimum Gasteiger partial charge on any atom is -0.315 e. The highest BCUT2D eigenvalue weighted by molar-refractivity contribution is 4.82. The molecule has 0 amide bonds. The van der Waals surface area contributed by atoms with E-state index < -0.39 is 0 Å². The molecular weight excluding hydrogens is 172 g/mol. The van der Waals surface area contributed by atoms with Gasteiger partial charge in [0.05, 0.1) is 0 Å². The van der Waals surface area contributed by atoms with Gasteiger partial charge in [-0.3, -0.25) is 4.90 Å². The molecule has 1 aliphatic heterocycles. The van der Waals surface area contributed by atoms with Gasteiger partial charge in [-0.15, -0.1) is 0 Å². The lowest BCUT2D eigenvalue weighted by molar-refractivity contribution is 0.121. The Morgan fingerprint density at radius 3 is 2.64 bits per heavy atom. The number of hydrogen-bond acceptors (Lipinski definition) is 2. The van der Waals surface area contributed by atoms with E-state index in [0.29, 0.717) is 0 Å². The molecule has 0 aromatic rings. The predicted octanol–water partition coefficient (Wildman–Crippen LogP) is 2.00. The van der Waals surface area contributed by atoms with Crippen LogP contribution in [0.25, 0.3) is 0 Å². The maximum absolute atomic E-state index is 3.52. The summed E-state index contributed by atoms with van der Waals surface area (Å²) in [7, 11) is 0. The quantitative estimate of drug-likeness (QED) is 0.690. The molecule has 1 saturated carbocycles. The molecule has 1 atom stereocenters. The van der Waals surface area contributed by atoms with Crippen molar-refractivity contribution in [3.8, 4) is 0 Å². The van der Waals surface area contributed by atoms with E-state index in [-0.39, 0.29) is 0 Å². The lowest BCUT2D eigenvalue weighted by Crippen LogP contribution is -2.45. The third-order valence-corrected chi connectivity index (χ3v) is 3.82. The van der Waals surface area contributed by atoms with Crippen LogP contribution in [0.4, 0.5) is 0 Å². The zero-order valence-electron chi connectivity index (χ0n) is 9.47. The van der Waals surface area contributed by atoms with Crippen molar-refractivity contribution in [2.75, 3.05) is 19.6 Å². The van der Waals surface area contributed by atoms with Gasteiger partial charge in [-0.05, 0) is 39.3 Å². The van der Waals surface area contributed by atoms with Gasteiger partial charge >= 0.3 is 0 Å². The van der Waals surface area contributed by atoms with Crippen molar-refractivity contribution in [3.05, 3.63) is 0 Å². The van der Waals surface area contributed by atoms with E-state index in [1.807, 2.05) is 0 Å². The van der Waals surface area contributed by atoms with Crippen LogP contribution in [0.2, 0.25) is 0 Å². The summed E-state index contributed by atoms with van der Waals surface area (Å²) in [6.45, 7) is 6.11. The first-order valence-electron chi connectivity index (χ1n) is 6.34. The smallest absolute Gasteiger partial charge is 0.0195 e. The standard InChI is InChI=1S/C12H24N2/c1-11-10-13-8-5-9-14(11)12-6-3-2-4-7-12/h11-13H,2-10H2,1H3. The van der Waals surface area contributed by atoms with Crippen molar-refractivity contribution in [1.29, 1.82) is 0 Å². The van der Waals surface area contributed by atoms with Gasteiger partial charge in [-0.1, -0.05) is 19.3 Å². The molecule has 14 heavy (non-hydrogen) atoms. The minimum atomic E-state index is 0.751. The molecule has 2 heteroatoms. The molecule has 0 radical (unpaired) electrons. The molecule has 2 fully saturated rings. The first-order valence-corrected chi connectivity index (χ1v) is 6.34. The molecule has 0 bridgehead atoms. The molecule has 1 heterocycles. The van der Waals surface area contributed by atoms with Gasteiger partial charge in [0.1, 0.15) is 0 Å². The van der Waals surface area contributed by atoms with Crippen molar-refractivity contribution in [1.82, 2.24) is 10.2 Å². The Balaban J connectivity index is 1.91. The summed E-state index contributed by atoms with van der Waals surface area (Å²) < 4.78 is 0. The molecule has 1 saturated heterocycles. The van der Waals surface area contributed by atoms with Crippen LogP contribution in [0.3, 0.4) is 0 Å². The Bertz CT molecular complexity index is 164. The molecule has 0 aromatic heterocycles. The minimum absolute atomic E-state index is 0.751. The fourth-order valence-electron chi connectivity index (χ4n) is 2.99. The predicted molar refractivity (Wildman–Crippen MR) is 60.5 cm³/mol. The molecular formula is C12H24N2. The van der Waals surface area contributed by atoms with E-state index in [0.717, 1.165) is 12.1 Å². The lowest BCUT2D eigenvalue weighted by atomic mass is 9.93. The average molecular weight is 196 g/mol. The highest BCUT2D eigenvalue weighted by atomic mass is 15.2. The molecule has 2 nitrogen and oxygen atoms in total. The second-order valence-corrected chi connectivity index (χ2v) is 4.94. The normalized spacial score (nSPS) is 32.8. The third-order valence-electron chi connectivity index (χ3n) is 3.82. The zero-order chi connectivity index (χ0) is 9.80. The van der Waals surface area contributed by atoms with Gasteiger partial charge in [0.2, 0.25) is 0 Å². The van der Waals surface area contributed by atoms with Crippen molar-refractivity contribution in [2.24, 2.45) is 0 Å². The van der Waals surface area contributed by atoms with Crippen LogP contribution < -0.4 is 5.32 Å². The van der Waals surface area contributed by atoms with Crippen LogP contribution in [-0.2, 0) is 0 Å². The summed E-state index contributed by atoms with van der Waals surface area (Å²) in [4.78, 5) is 2.76. The van der Waals surface area contributed by atoms with Crippen LogP contribution in [-0.4, -0.2) is 36.6 Å². The van der Waals surface area contributed by atoms with Gasteiger partial charge in [0, 0.05) is 18.6 Å². The fourth-order valence-corrected chi connectivity index (χ4v) is 2.99. The van der Waals surface area contributed by atoms with Crippen LogP contribution in [0, 0.1) is 0 Å². The van der Waals surface area contributed by atoms with Crippen LogP contribution >= 0.6 is 0 Å². The van der Waals surface area contributed by atoms with Gasteiger partial charge in [-0.2, -0.15) is 0 Å². The van der Waals surface area contributed by atoms with E-state index >= 15 is 0 Å². The van der Waals surface area contributed by atoms with Gasteiger partial charge in [-0.25, -0.2) is 0 Å². The fraction of sp³-hybridized carbons (Fsp3) is 1.00. The molecule has 82 valence electrons. The van der Waals surface area contributed by atoms with Crippen LogP contribution in [0.1, 0.15) is 45.4 Å². The SMILES string of the molecule is CC1CNCCCN1C1CCCCC1. The Morgan fingerprint density at radius 2 is 1.86 bits per heavy atom. The van der Waals surface area contributed by atoms with Gasteiger partial charge < -0.3 is 5.32 Å². The summed E-state index contributed by atoms with van der Waals surface area (Å²) in [6, 6.07) is 1.65. The number of nitrogens with one attached hydrogen (secondary N) is 1. The maximum atomic E-state index is 3.52. The van der Waals surface area contributed by atoms with Gasteiger partial charge in [0.15, 0.2) is 0 Å². The summed E-state index contributed by atoms with van der Waals surface area (Å²) in [6.07, 6.45) is 8.62. The molecule has 1 aliphatic carbocycles. The highest BCUT2D eigenvalue weighted by Crippen LogP contribution is 2.24. The molecule has 1 unspecified atom stereocenters. The van der Waals surface area contributed by atoms with E-state index in [4.69, 9.17) is 0 Å². The number of hydrogen-bond donors (Lipinski definition) is 1. The van der Waals surface area contributed by atoms with E-state index in [9.17, 15) is 0 Å². The maximum Gasteiger partial charge on any atom is 0.0195 e. The Kier molecular flexibility index (Phi) is 3.82. The third kappa shape index (κ3) is 2.48. The van der Waals surface area contributed by atoms with Crippen molar-refractivity contribution < 1.29 is 0 Å². The summed E-state index contributed by atoms with van der Waals surface area (Å²) in [5.74, 6) is 0. The Morgan fingerprint density at radius 1 is 1.07 bits per heavy atom. The first kappa shape index (κ1) is 10.4. The second-order valence-electron chi connectivity index (χ2n) is 4.94. The molecule has 2 aliphatic rings. The van der Waals surface area contributed by atoms with E-state index in [2.05, 4.69) is 17.1 Å². The lowest BCUT2D eigenvalue weighted by Gasteiger charge is -2.37. The van der Waals surface area contributed by atoms with Crippen molar-refractivity contribution >= 4 is 0 Å². The summed E-state index contributed by atoms with van der Waals surface area (Å²) >= 11 is 0. The summed E-state index contributed by atoms with van der Waals surface area (Å²) in [5.41, 5.74) is 0. The molecule has 0 spiro atoms. The van der Waals surface area contributed by atoms with Crippen molar-refractivity contribution in [2.45, 2.75) is 57.5 Å². The van der Waals surface area contributed by atoms with Crippen LogP contribution in [0.5, 0.6) is 0 Å². The first-order chi connectivity index (χ1) is 6.88. The van der Waals surface area contributed by atoms with E-state index in [1.165, 1.54) is 58.2 Å². The van der Waals surface area contributed by atoms with Crippen molar-refractivity contribution in [3.63, 3.8) is 0 Å². The van der Waals surface area contributed by atoms with E-state index in [1.54, 1.807) is 0 Å². The Labute approximate surface area is 88.1 Å². The molecule has 1 N–H and O–H groups in total. The van der Waals surface area contributed by atoms with Crippen LogP contribution in [0.15, 0.2) is 0 Å². The molecule has 0 aromatic carbocycles. The van der Waals surface area contributed by atoms with Gasteiger partial charge in [0.25, 0.3) is 0 Å². The Hall–Kier alpha value is -0.0800. The zero-order valence-corrected chi connectivity index (χ0v) is 9.47. The monoisotopic (exact) mass is 196 g/mol. The summed E-state index contributed by atoms with van der Waals surface area (Å²) in [5, 5.41) is 3.52. The topological polar surface area (TPSA) is 15.3 Å². The number of nitrogens with zero attached hydrogens (tertiary/aromatic N) is 1.